The first-order chi connectivity index (χ1) is 12.6. The number of hydrogen-bond donors (Lipinski definition) is 0. The minimum absolute atomic E-state index is 0.0734. The number of hydrogen-bond acceptors (Lipinski definition) is 4. The Hall–Kier alpha value is -3.40. The van der Waals surface area contributed by atoms with Crippen LogP contribution in [0.1, 0.15) is 31.8 Å². The summed E-state index contributed by atoms with van der Waals surface area (Å²) in [5.41, 5.74) is 2.15. The van der Waals surface area contributed by atoms with Crippen LogP contribution in [0.5, 0.6) is 11.5 Å². The Morgan fingerprint density at radius 1 is 0.577 bits per heavy atom. The van der Waals surface area contributed by atoms with E-state index in [0.717, 1.165) is 0 Å². The summed E-state index contributed by atoms with van der Waals surface area (Å²) in [7, 11) is 3.07. The SMILES string of the molecule is COc1ccc(C(=O)c2ccc(C(=O)c3ccccc3)cc2)cc1OC. The van der Waals surface area contributed by atoms with Gasteiger partial charge in [-0.3, -0.25) is 9.59 Å². The highest BCUT2D eigenvalue weighted by Crippen LogP contribution is 2.28. The zero-order valence-electron chi connectivity index (χ0n) is 14.6. The Kier molecular flexibility index (Phi) is 5.13. The molecular weight excluding hydrogens is 328 g/mol. The van der Waals surface area contributed by atoms with Crippen LogP contribution < -0.4 is 9.47 Å². The van der Waals surface area contributed by atoms with Crippen LogP contribution in [0.15, 0.2) is 72.8 Å². The normalized spacial score (nSPS) is 10.2. The van der Waals surface area contributed by atoms with Gasteiger partial charge in [0.25, 0.3) is 0 Å². The van der Waals surface area contributed by atoms with E-state index in [-0.39, 0.29) is 11.6 Å². The highest BCUT2D eigenvalue weighted by Gasteiger charge is 2.14. The van der Waals surface area contributed by atoms with Crippen molar-refractivity contribution in [2.75, 3.05) is 14.2 Å². The van der Waals surface area contributed by atoms with E-state index in [0.29, 0.717) is 33.8 Å². The molecule has 0 bridgehead atoms. The van der Waals surface area contributed by atoms with Crippen molar-refractivity contribution in [2.45, 2.75) is 0 Å². The molecule has 0 aliphatic rings. The maximum Gasteiger partial charge on any atom is 0.193 e. The Morgan fingerprint density at radius 2 is 1.04 bits per heavy atom. The summed E-state index contributed by atoms with van der Waals surface area (Å²) in [4.78, 5) is 25.1. The fraction of sp³-hybridized carbons (Fsp3) is 0.0909. The number of carbonyl (C=O) groups excluding carboxylic acids is 2. The maximum atomic E-state index is 12.7. The first-order valence-electron chi connectivity index (χ1n) is 8.10. The van der Waals surface area contributed by atoms with Crippen molar-refractivity contribution in [3.8, 4) is 11.5 Å². The minimum atomic E-state index is -0.148. The van der Waals surface area contributed by atoms with Crippen LogP contribution in [-0.4, -0.2) is 25.8 Å². The van der Waals surface area contributed by atoms with Crippen molar-refractivity contribution in [2.24, 2.45) is 0 Å². The van der Waals surface area contributed by atoms with Gasteiger partial charge in [-0.2, -0.15) is 0 Å². The van der Waals surface area contributed by atoms with Crippen LogP contribution >= 0.6 is 0 Å². The molecule has 130 valence electrons. The fourth-order valence-electron chi connectivity index (χ4n) is 2.67. The molecule has 0 amide bonds. The van der Waals surface area contributed by atoms with Gasteiger partial charge >= 0.3 is 0 Å². The second-order valence-corrected chi connectivity index (χ2v) is 5.67. The lowest BCUT2D eigenvalue weighted by Crippen LogP contribution is -2.05. The molecule has 0 aliphatic heterocycles. The van der Waals surface area contributed by atoms with Gasteiger partial charge in [-0.25, -0.2) is 0 Å². The van der Waals surface area contributed by atoms with Gasteiger partial charge in [-0.05, 0) is 18.2 Å². The zero-order chi connectivity index (χ0) is 18.5. The molecule has 0 N–H and O–H groups in total. The summed E-state index contributed by atoms with van der Waals surface area (Å²) < 4.78 is 10.4. The van der Waals surface area contributed by atoms with Gasteiger partial charge in [0.1, 0.15) is 0 Å². The zero-order valence-corrected chi connectivity index (χ0v) is 14.6. The van der Waals surface area contributed by atoms with Gasteiger partial charge in [0.05, 0.1) is 14.2 Å². The predicted octanol–water partition coefficient (Wildman–Crippen LogP) is 4.17. The third-order valence-electron chi connectivity index (χ3n) is 4.09. The van der Waals surface area contributed by atoms with Crippen LogP contribution in [0, 0.1) is 0 Å². The summed E-state index contributed by atoms with van der Waals surface area (Å²) >= 11 is 0. The molecule has 26 heavy (non-hydrogen) atoms. The molecule has 0 aliphatic carbocycles. The lowest BCUT2D eigenvalue weighted by molar-refractivity contribution is 0.102. The van der Waals surface area contributed by atoms with Crippen LogP contribution in [0.2, 0.25) is 0 Å². The minimum Gasteiger partial charge on any atom is -0.493 e. The van der Waals surface area contributed by atoms with E-state index in [4.69, 9.17) is 9.47 Å². The van der Waals surface area contributed by atoms with E-state index in [1.807, 2.05) is 18.2 Å². The fourth-order valence-corrected chi connectivity index (χ4v) is 2.67. The van der Waals surface area contributed by atoms with Crippen LogP contribution in [0.25, 0.3) is 0 Å². The molecule has 3 aromatic rings. The van der Waals surface area contributed by atoms with Gasteiger partial charge < -0.3 is 9.47 Å². The standard InChI is InChI=1S/C22H18O4/c1-25-19-13-12-18(14-20(19)26-2)22(24)17-10-8-16(9-11-17)21(23)15-6-4-3-5-7-15/h3-14H,1-2H3. The molecule has 4 nitrogen and oxygen atoms in total. The summed E-state index contributed by atoms with van der Waals surface area (Å²) in [5.74, 6) is 0.836. The average molecular weight is 346 g/mol. The second-order valence-electron chi connectivity index (χ2n) is 5.67. The third-order valence-corrected chi connectivity index (χ3v) is 4.09. The number of rotatable bonds is 6. The second kappa shape index (κ2) is 7.66. The van der Waals surface area contributed by atoms with Crippen molar-refractivity contribution in [1.29, 1.82) is 0 Å². The molecule has 0 atom stereocenters. The lowest BCUT2D eigenvalue weighted by atomic mass is 9.98. The molecule has 0 saturated heterocycles. The van der Waals surface area contributed by atoms with Gasteiger partial charge in [-0.15, -0.1) is 0 Å². The summed E-state index contributed by atoms with van der Waals surface area (Å²) in [6, 6.07) is 20.7. The van der Waals surface area contributed by atoms with Gasteiger partial charge in [0, 0.05) is 22.3 Å². The highest BCUT2D eigenvalue weighted by molar-refractivity contribution is 6.11. The third kappa shape index (κ3) is 3.49. The maximum absolute atomic E-state index is 12.7. The number of methoxy groups -OCH3 is 2. The van der Waals surface area contributed by atoms with E-state index >= 15 is 0 Å². The molecule has 0 spiro atoms. The molecule has 3 rings (SSSR count). The van der Waals surface area contributed by atoms with E-state index in [1.165, 1.54) is 7.11 Å². The molecule has 0 radical (unpaired) electrons. The number of ether oxygens (including phenoxy) is 2. The van der Waals surface area contributed by atoms with E-state index in [2.05, 4.69) is 0 Å². The Balaban J connectivity index is 1.84. The summed E-state index contributed by atoms with van der Waals surface area (Å²) in [6.45, 7) is 0. The van der Waals surface area contributed by atoms with Crippen LogP contribution in [0.3, 0.4) is 0 Å². The monoisotopic (exact) mass is 346 g/mol. The smallest absolute Gasteiger partial charge is 0.193 e. The van der Waals surface area contributed by atoms with E-state index in [9.17, 15) is 9.59 Å². The molecule has 0 fully saturated rings. The molecule has 3 aromatic carbocycles. The summed E-state index contributed by atoms with van der Waals surface area (Å²) in [6.07, 6.45) is 0. The predicted molar refractivity (Wildman–Crippen MR) is 99.3 cm³/mol. The number of benzene rings is 3. The molecule has 0 saturated carbocycles. The van der Waals surface area contributed by atoms with Crippen molar-refractivity contribution in [3.05, 3.63) is 95.1 Å². The van der Waals surface area contributed by atoms with Gasteiger partial charge in [0.2, 0.25) is 0 Å². The van der Waals surface area contributed by atoms with Crippen molar-refractivity contribution in [3.63, 3.8) is 0 Å². The Bertz CT molecular complexity index is 928. The van der Waals surface area contributed by atoms with Gasteiger partial charge in [-0.1, -0.05) is 54.6 Å². The van der Waals surface area contributed by atoms with Crippen molar-refractivity contribution in [1.82, 2.24) is 0 Å². The van der Waals surface area contributed by atoms with Crippen molar-refractivity contribution < 1.29 is 19.1 Å². The van der Waals surface area contributed by atoms with Crippen LogP contribution in [-0.2, 0) is 0 Å². The van der Waals surface area contributed by atoms with Crippen LogP contribution in [0.4, 0.5) is 0 Å². The van der Waals surface area contributed by atoms with Gasteiger partial charge in [0.15, 0.2) is 23.1 Å². The topological polar surface area (TPSA) is 52.6 Å². The first-order valence-corrected chi connectivity index (χ1v) is 8.10. The first kappa shape index (κ1) is 17.4. The van der Waals surface area contributed by atoms with Crippen molar-refractivity contribution >= 4 is 11.6 Å². The lowest BCUT2D eigenvalue weighted by Gasteiger charge is -2.09. The quantitative estimate of drug-likeness (QED) is 0.629. The highest BCUT2D eigenvalue weighted by atomic mass is 16.5. The van der Waals surface area contributed by atoms with E-state index < -0.39 is 0 Å². The molecule has 0 aromatic heterocycles. The molecule has 0 unspecified atom stereocenters. The summed E-state index contributed by atoms with van der Waals surface area (Å²) in [5, 5.41) is 0. The Morgan fingerprint density at radius 3 is 1.58 bits per heavy atom. The molecular formula is C22H18O4. The van der Waals surface area contributed by atoms with E-state index in [1.54, 1.807) is 61.7 Å². The molecule has 0 heterocycles. The molecule has 4 heteroatoms. The average Bonchev–Trinajstić information content (AvgIpc) is 2.73. The Labute approximate surface area is 152 Å². The number of ketones is 2. The number of carbonyl (C=O) groups is 2. The largest absolute Gasteiger partial charge is 0.493 e.